The van der Waals surface area contributed by atoms with Gasteiger partial charge in [-0.3, -0.25) is 4.79 Å². The van der Waals surface area contributed by atoms with Crippen LogP contribution in [0, 0.1) is 12.7 Å². The predicted octanol–water partition coefficient (Wildman–Crippen LogP) is 2.34. The van der Waals surface area contributed by atoms with Gasteiger partial charge in [-0.25, -0.2) is 9.37 Å². The maximum absolute atomic E-state index is 15.3. The Kier molecular flexibility index (Phi) is 6.71. The van der Waals surface area contributed by atoms with E-state index in [1.807, 2.05) is 4.57 Å². The van der Waals surface area contributed by atoms with Gasteiger partial charge in [0.15, 0.2) is 0 Å². The van der Waals surface area contributed by atoms with Crippen molar-refractivity contribution in [3.63, 3.8) is 0 Å². The third kappa shape index (κ3) is 4.09. The van der Waals surface area contributed by atoms with E-state index in [1.165, 1.54) is 10.6 Å². The summed E-state index contributed by atoms with van der Waals surface area (Å²) in [6, 6.07) is 4.62. The predicted molar refractivity (Wildman–Crippen MR) is 119 cm³/mol. The molecule has 1 N–H and O–H groups in total. The summed E-state index contributed by atoms with van der Waals surface area (Å²) >= 11 is 0. The van der Waals surface area contributed by atoms with Crippen LogP contribution in [0.5, 0.6) is 0 Å². The standard InChI is InChI=1S/C23H29FN4O4/c1-14-9-15(10-27(2)23(14)29)22-26-20-17(19-13-32-8-7-25-19)5-6-18(24)21(20)28(22)16(11-30-3)12-31-4/h5-6,9-10,16,19,25H,7-8,11-13H2,1-4H3. The maximum atomic E-state index is 15.3. The fourth-order valence-corrected chi connectivity index (χ4v) is 4.37. The van der Waals surface area contributed by atoms with Crippen molar-refractivity contribution in [2.45, 2.75) is 19.0 Å². The second-order valence-electron chi connectivity index (χ2n) is 8.11. The number of hydrogen-bond acceptors (Lipinski definition) is 6. The molecule has 3 aromatic rings. The van der Waals surface area contributed by atoms with E-state index in [2.05, 4.69) is 5.32 Å². The molecule has 8 nitrogen and oxygen atoms in total. The van der Waals surface area contributed by atoms with Crippen molar-refractivity contribution in [3.8, 4) is 11.4 Å². The number of rotatable bonds is 7. The van der Waals surface area contributed by atoms with Gasteiger partial charge in [-0.2, -0.15) is 0 Å². The molecule has 3 heterocycles. The number of aromatic nitrogens is 3. The molecule has 1 aliphatic rings. The first-order valence-corrected chi connectivity index (χ1v) is 10.6. The number of hydrogen-bond donors (Lipinski definition) is 1. The van der Waals surface area contributed by atoms with E-state index >= 15 is 4.39 Å². The Labute approximate surface area is 185 Å². The van der Waals surface area contributed by atoms with Gasteiger partial charge in [0.1, 0.15) is 17.2 Å². The average molecular weight is 445 g/mol. The van der Waals surface area contributed by atoms with E-state index in [0.717, 1.165) is 11.1 Å². The number of benzene rings is 1. The van der Waals surface area contributed by atoms with Crippen molar-refractivity contribution in [1.29, 1.82) is 0 Å². The smallest absolute Gasteiger partial charge is 0.253 e. The molecule has 0 amide bonds. The lowest BCUT2D eigenvalue weighted by Crippen LogP contribution is -2.34. The third-order valence-corrected chi connectivity index (χ3v) is 5.82. The SMILES string of the molecule is COCC(COC)n1c(-c2cc(C)c(=O)n(C)c2)nc2c(C3COCCN3)ccc(F)c21. The number of morpholine rings is 1. The van der Waals surface area contributed by atoms with Crippen LogP contribution in [0.2, 0.25) is 0 Å². The highest BCUT2D eigenvalue weighted by molar-refractivity contribution is 5.85. The molecule has 172 valence electrons. The minimum Gasteiger partial charge on any atom is -0.382 e. The molecule has 1 saturated heterocycles. The molecule has 1 unspecified atom stereocenters. The molecule has 1 fully saturated rings. The summed E-state index contributed by atoms with van der Waals surface area (Å²) in [6.07, 6.45) is 1.73. The molecule has 0 spiro atoms. The van der Waals surface area contributed by atoms with Gasteiger partial charge in [0.05, 0.1) is 44.0 Å². The number of pyridine rings is 1. The van der Waals surface area contributed by atoms with Crippen LogP contribution in [0.4, 0.5) is 4.39 Å². The summed E-state index contributed by atoms with van der Waals surface area (Å²) in [5.41, 5.74) is 3.04. The topological polar surface area (TPSA) is 79.5 Å². The van der Waals surface area contributed by atoms with Crippen LogP contribution in [0.25, 0.3) is 22.4 Å². The minimum absolute atomic E-state index is 0.0860. The van der Waals surface area contributed by atoms with Crippen molar-refractivity contribution in [1.82, 2.24) is 19.4 Å². The number of methoxy groups -OCH3 is 2. The lowest BCUT2D eigenvalue weighted by molar-refractivity contribution is 0.0772. The summed E-state index contributed by atoms with van der Waals surface area (Å²) in [7, 11) is 4.90. The van der Waals surface area contributed by atoms with E-state index in [0.29, 0.717) is 55.4 Å². The number of halogens is 1. The molecule has 1 aromatic carbocycles. The number of nitrogens with one attached hydrogen (secondary N) is 1. The molecule has 0 bridgehead atoms. The average Bonchev–Trinajstić information content (AvgIpc) is 3.19. The molecule has 4 rings (SSSR count). The van der Waals surface area contributed by atoms with Crippen LogP contribution in [0.3, 0.4) is 0 Å². The van der Waals surface area contributed by atoms with Gasteiger partial charge < -0.3 is 28.7 Å². The molecular formula is C23H29FN4O4. The molecular weight excluding hydrogens is 415 g/mol. The van der Waals surface area contributed by atoms with Crippen LogP contribution >= 0.6 is 0 Å². The minimum atomic E-state index is -0.377. The summed E-state index contributed by atoms with van der Waals surface area (Å²) in [6.45, 7) is 4.23. The summed E-state index contributed by atoms with van der Waals surface area (Å²) in [5, 5.41) is 3.43. The zero-order valence-corrected chi connectivity index (χ0v) is 18.9. The van der Waals surface area contributed by atoms with E-state index in [9.17, 15) is 4.79 Å². The van der Waals surface area contributed by atoms with Crippen LogP contribution in [0.1, 0.15) is 23.2 Å². The van der Waals surface area contributed by atoms with Crippen LogP contribution in [0.15, 0.2) is 29.2 Å². The Morgan fingerprint density at radius 1 is 1.31 bits per heavy atom. The van der Waals surface area contributed by atoms with Gasteiger partial charge in [0, 0.05) is 45.1 Å². The summed E-state index contributed by atoms with van der Waals surface area (Å²) in [5.74, 6) is 0.179. The summed E-state index contributed by atoms with van der Waals surface area (Å²) < 4.78 is 35.2. The van der Waals surface area contributed by atoms with Crippen molar-refractivity contribution in [2.75, 3.05) is 47.2 Å². The van der Waals surface area contributed by atoms with Gasteiger partial charge in [-0.05, 0) is 24.6 Å². The second-order valence-corrected chi connectivity index (χ2v) is 8.11. The van der Waals surface area contributed by atoms with Gasteiger partial charge in [-0.1, -0.05) is 6.07 Å². The maximum Gasteiger partial charge on any atom is 0.253 e. The first-order chi connectivity index (χ1) is 15.5. The zero-order chi connectivity index (χ0) is 22.8. The van der Waals surface area contributed by atoms with Crippen LogP contribution in [-0.4, -0.2) is 61.3 Å². The third-order valence-electron chi connectivity index (χ3n) is 5.82. The lowest BCUT2D eigenvalue weighted by Gasteiger charge is -2.25. The highest BCUT2D eigenvalue weighted by Gasteiger charge is 2.27. The second kappa shape index (κ2) is 9.50. The Morgan fingerprint density at radius 2 is 2.06 bits per heavy atom. The Morgan fingerprint density at radius 3 is 2.69 bits per heavy atom. The molecule has 9 heteroatoms. The first-order valence-electron chi connectivity index (χ1n) is 10.6. The molecule has 0 radical (unpaired) electrons. The van der Waals surface area contributed by atoms with E-state index in [1.54, 1.807) is 46.5 Å². The molecule has 1 atom stereocenters. The highest BCUT2D eigenvalue weighted by atomic mass is 19.1. The van der Waals surface area contributed by atoms with Crippen LogP contribution < -0.4 is 10.9 Å². The highest BCUT2D eigenvalue weighted by Crippen LogP contribution is 2.34. The van der Waals surface area contributed by atoms with Gasteiger partial charge >= 0.3 is 0 Å². The molecule has 32 heavy (non-hydrogen) atoms. The normalized spacial score (nSPS) is 16.9. The number of imidazole rings is 1. The lowest BCUT2D eigenvalue weighted by atomic mass is 10.0. The van der Waals surface area contributed by atoms with Crippen molar-refractivity contribution < 1.29 is 18.6 Å². The number of aryl methyl sites for hydroxylation is 2. The Bertz CT molecular complexity index is 1130. The largest absolute Gasteiger partial charge is 0.382 e. The molecule has 2 aromatic heterocycles. The van der Waals surface area contributed by atoms with E-state index < -0.39 is 0 Å². The Balaban J connectivity index is 2.02. The number of nitrogens with zero attached hydrogens (tertiary/aromatic N) is 3. The first kappa shape index (κ1) is 22.6. The molecule has 1 aliphatic heterocycles. The number of ether oxygens (including phenoxy) is 3. The van der Waals surface area contributed by atoms with Crippen molar-refractivity contribution in [2.24, 2.45) is 7.05 Å². The van der Waals surface area contributed by atoms with Gasteiger partial charge in [0.25, 0.3) is 5.56 Å². The fraction of sp³-hybridized carbons (Fsp3) is 0.478. The van der Waals surface area contributed by atoms with E-state index in [-0.39, 0.29) is 23.5 Å². The monoisotopic (exact) mass is 444 g/mol. The molecule has 0 saturated carbocycles. The zero-order valence-electron chi connectivity index (χ0n) is 18.9. The van der Waals surface area contributed by atoms with E-state index in [4.69, 9.17) is 19.2 Å². The van der Waals surface area contributed by atoms with Gasteiger partial charge in [0.2, 0.25) is 0 Å². The van der Waals surface area contributed by atoms with Gasteiger partial charge in [-0.15, -0.1) is 0 Å². The summed E-state index contributed by atoms with van der Waals surface area (Å²) in [4.78, 5) is 17.2. The Hall–Kier alpha value is -2.59. The van der Waals surface area contributed by atoms with Crippen molar-refractivity contribution >= 4 is 11.0 Å². The van der Waals surface area contributed by atoms with Crippen LogP contribution in [-0.2, 0) is 21.3 Å². The quantitative estimate of drug-likeness (QED) is 0.603. The fourth-order valence-electron chi connectivity index (χ4n) is 4.37. The molecule has 0 aliphatic carbocycles. The van der Waals surface area contributed by atoms with Crippen molar-refractivity contribution in [3.05, 3.63) is 51.7 Å². The number of fused-ring (bicyclic) bond motifs is 1.